The minimum Gasteiger partial charge on any atom is -0.326 e. The third kappa shape index (κ3) is 5.32. The number of rotatable bonds is 6. The van der Waals surface area contributed by atoms with Gasteiger partial charge in [-0.25, -0.2) is 8.42 Å². The van der Waals surface area contributed by atoms with Crippen molar-refractivity contribution in [2.45, 2.75) is 26.2 Å². The Hall–Kier alpha value is -2.34. The number of carbonyl (C=O) groups is 1. The van der Waals surface area contributed by atoms with Gasteiger partial charge in [-0.1, -0.05) is 38.1 Å². The first-order valence-corrected chi connectivity index (χ1v) is 9.94. The minimum atomic E-state index is -3.29. The van der Waals surface area contributed by atoms with Gasteiger partial charge in [-0.05, 0) is 41.3 Å². The molecule has 2 aromatic carbocycles. The summed E-state index contributed by atoms with van der Waals surface area (Å²) in [5, 5.41) is 2.87. The Morgan fingerprint density at radius 2 is 1.60 bits per heavy atom. The lowest BCUT2D eigenvalue weighted by molar-refractivity contribution is -0.115. The van der Waals surface area contributed by atoms with Gasteiger partial charge in [0.2, 0.25) is 15.9 Å². The number of hydrogen-bond acceptors (Lipinski definition) is 3. The fraction of sp³-hybridized carbons (Fsp3) is 0.316. The number of nitrogens with one attached hydrogen (secondary N) is 1. The van der Waals surface area contributed by atoms with Crippen molar-refractivity contribution in [1.29, 1.82) is 0 Å². The van der Waals surface area contributed by atoms with Crippen LogP contribution in [0.25, 0.3) is 0 Å². The number of anilines is 2. The Kier molecular flexibility index (Phi) is 5.85. The lowest BCUT2D eigenvalue weighted by Gasteiger charge is -2.16. The highest BCUT2D eigenvalue weighted by atomic mass is 32.2. The maximum Gasteiger partial charge on any atom is 0.231 e. The number of benzene rings is 2. The molecule has 0 aromatic heterocycles. The third-order valence-electron chi connectivity index (χ3n) is 4.02. The lowest BCUT2D eigenvalue weighted by atomic mass is 10.0. The first-order chi connectivity index (χ1) is 11.7. The van der Waals surface area contributed by atoms with E-state index in [1.807, 2.05) is 24.3 Å². The zero-order valence-electron chi connectivity index (χ0n) is 15.0. The maximum absolute atomic E-state index is 12.2. The van der Waals surface area contributed by atoms with Crippen LogP contribution in [0.1, 0.15) is 30.9 Å². The summed E-state index contributed by atoms with van der Waals surface area (Å²) in [7, 11) is -1.79. The standard InChI is InChI=1S/C19H24N2O3S/c1-14(2)16-7-9-17(10-8-16)20-19(22)13-15-5-11-18(12-6-15)21(3)25(4,23)24/h5-12,14H,13H2,1-4H3,(H,20,22). The molecule has 0 bridgehead atoms. The van der Waals surface area contributed by atoms with Gasteiger partial charge in [0.05, 0.1) is 18.4 Å². The highest BCUT2D eigenvalue weighted by molar-refractivity contribution is 7.92. The van der Waals surface area contributed by atoms with Crippen LogP contribution in [0.4, 0.5) is 11.4 Å². The summed E-state index contributed by atoms with van der Waals surface area (Å²) in [6.45, 7) is 4.25. The van der Waals surface area contributed by atoms with Gasteiger partial charge in [0.1, 0.15) is 0 Å². The van der Waals surface area contributed by atoms with Crippen molar-refractivity contribution in [3.63, 3.8) is 0 Å². The van der Waals surface area contributed by atoms with Gasteiger partial charge in [-0.15, -0.1) is 0 Å². The van der Waals surface area contributed by atoms with Crippen LogP contribution in [0.2, 0.25) is 0 Å². The summed E-state index contributed by atoms with van der Waals surface area (Å²) in [6, 6.07) is 14.7. The van der Waals surface area contributed by atoms with E-state index >= 15 is 0 Å². The molecule has 0 aliphatic heterocycles. The molecule has 0 aliphatic rings. The molecule has 2 rings (SSSR count). The summed E-state index contributed by atoms with van der Waals surface area (Å²) in [5.41, 5.74) is 3.38. The molecular formula is C19H24N2O3S. The molecule has 5 nitrogen and oxygen atoms in total. The van der Waals surface area contributed by atoms with Crippen LogP contribution in [0, 0.1) is 0 Å². The minimum absolute atomic E-state index is 0.110. The summed E-state index contributed by atoms with van der Waals surface area (Å²) in [5.74, 6) is 0.342. The molecule has 0 heterocycles. The predicted octanol–water partition coefficient (Wildman–Crippen LogP) is 3.39. The molecule has 0 fully saturated rings. The molecular weight excluding hydrogens is 336 g/mol. The summed E-state index contributed by atoms with van der Waals surface area (Å²) in [6.07, 6.45) is 1.38. The molecule has 0 aliphatic carbocycles. The van der Waals surface area contributed by atoms with E-state index in [9.17, 15) is 13.2 Å². The van der Waals surface area contributed by atoms with Crippen LogP contribution in [-0.4, -0.2) is 27.6 Å². The highest BCUT2D eigenvalue weighted by Gasteiger charge is 2.12. The fourth-order valence-corrected chi connectivity index (χ4v) is 2.86. The normalized spacial score (nSPS) is 11.4. The van der Waals surface area contributed by atoms with Gasteiger partial charge < -0.3 is 5.32 Å². The maximum atomic E-state index is 12.2. The fourth-order valence-electron chi connectivity index (χ4n) is 2.36. The summed E-state index contributed by atoms with van der Waals surface area (Å²) in [4.78, 5) is 12.2. The van der Waals surface area contributed by atoms with Gasteiger partial charge in [0.15, 0.2) is 0 Å². The van der Waals surface area contributed by atoms with Gasteiger partial charge in [0, 0.05) is 12.7 Å². The zero-order chi connectivity index (χ0) is 18.6. The topological polar surface area (TPSA) is 66.5 Å². The van der Waals surface area contributed by atoms with E-state index in [0.29, 0.717) is 11.6 Å². The first-order valence-electron chi connectivity index (χ1n) is 8.09. The lowest BCUT2D eigenvalue weighted by Crippen LogP contribution is -2.24. The number of amides is 1. The van der Waals surface area contributed by atoms with E-state index in [1.165, 1.54) is 16.9 Å². The molecule has 6 heteroatoms. The quantitative estimate of drug-likeness (QED) is 0.859. The van der Waals surface area contributed by atoms with Gasteiger partial charge in [-0.2, -0.15) is 0 Å². The molecule has 0 saturated carbocycles. The number of hydrogen-bond donors (Lipinski definition) is 1. The number of nitrogens with zero attached hydrogens (tertiary/aromatic N) is 1. The molecule has 1 amide bonds. The zero-order valence-corrected chi connectivity index (χ0v) is 15.8. The first kappa shape index (κ1) is 19.0. The average Bonchev–Trinajstić information content (AvgIpc) is 2.54. The Labute approximate surface area is 149 Å². The Morgan fingerprint density at radius 3 is 2.08 bits per heavy atom. The Balaban J connectivity index is 1.98. The highest BCUT2D eigenvalue weighted by Crippen LogP contribution is 2.19. The predicted molar refractivity (Wildman–Crippen MR) is 103 cm³/mol. The monoisotopic (exact) mass is 360 g/mol. The van der Waals surface area contributed by atoms with Crippen LogP contribution >= 0.6 is 0 Å². The second kappa shape index (κ2) is 7.70. The van der Waals surface area contributed by atoms with E-state index in [1.54, 1.807) is 24.3 Å². The molecule has 0 atom stereocenters. The van der Waals surface area contributed by atoms with Gasteiger partial charge in [0.25, 0.3) is 0 Å². The van der Waals surface area contributed by atoms with E-state index < -0.39 is 10.0 Å². The molecule has 0 unspecified atom stereocenters. The Bertz CT molecular complexity index is 826. The smallest absolute Gasteiger partial charge is 0.231 e. The van der Waals surface area contributed by atoms with Crippen LogP contribution in [-0.2, 0) is 21.2 Å². The molecule has 25 heavy (non-hydrogen) atoms. The molecule has 0 spiro atoms. The SMILES string of the molecule is CC(C)c1ccc(NC(=O)Cc2ccc(N(C)S(C)(=O)=O)cc2)cc1. The van der Waals surface area contributed by atoms with Crippen LogP contribution in [0.5, 0.6) is 0 Å². The van der Waals surface area contributed by atoms with Gasteiger partial charge >= 0.3 is 0 Å². The van der Waals surface area contributed by atoms with E-state index in [2.05, 4.69) is 19.2 Å². The van der Waals surface area contributed by atoms with Crippen molar-refractivity contribution in [3.05, 3.63) is 59.7 Å². The molecule has 0 saturated heterocycles. The van der Waals surface area contributed by atoms with Crippen molar-refractivity contribution in [2.75, 3.05) is 22.9 Å². The second-order valence-corrected chi connectivity index (χ2v) is 8.41. The van der Waals surface area contributed by atoms with Gasteiger partial charge in [-0.3, -0.25) is 9.10 Å². The number of sulfonamides is 1. The van der Waals surface area contributed by atoms with Crippen molar-refractivity contribution in [1.82, 2.24) is 0 Å². The molecule has 2 aromatic rings. The van der Waals surface area contributed by atoms with Crippen LogP contribution < -0.4 is 9.62 Å². The van der Waals surface area contributed by atoms with E-state index in [4.69, 9.17) is 0 Å². The van der Waals surface area contributed by atoms with E-state index in [0.717, 1.165) is 17.5 Å². The van der Waals surface area contributed by atoms with Crippen molar-refractivity contribution < 1.29 is 13.2 Å². The van der Waals surface area contributed by atoms with Crippen molar-refractivity contribution in [3.8, 4) is 0 Å². The average molecular weight is 360 g/mol. The van der Waals surface area contributed by atoms with Crippen LogP contribution in [0.3, 0.4) is 0 Å². The molecule has 1 N–H and O–H groups in total. The van der Waals surface area contributed by atoms with Crippen molar-refractivity contribution in [2.24, 2.45) is 0 Å². The molecule has 0 radical (unpaired) electrons. The number of carbonyl (C=O) groups excluding carboxylic acids is 1. The summed E-state index contributed by atoms with van der Waals surface area (Å²) >= 11 is 0. The van der Waals surface area contributed by atoms with E-state index in [-0.39, 0.29) is 12.3 Å². The second-order valence-electron chi connectivity index (χ2n) is 6.40. The molecule has 134 valence electrons. The Morgan fingerprint density at radius 1 is 1.04 bits per heavy atom. The third-order valence-corrected chi connectivity index (χ3v) is 5.23. The van der Waals surface area contributed by atoms with Crippen molar-refractivity contribution >= 4 is 27.3 Å². The summed E-state index contributed by atoms with van der Waals surface area (Å²) < 4.78 is 24.3. The largest absolute Gasteiger partial charge is 0.326 e. The van der Waals surface area contributed by atoms with Crippen LogP contribution in [0.15, 0.2) is 48.5 Å².